The number of nitrogens with one attached hydrogen (secondary N) is 2. The average molecular weight is 533 g/mol. The highest BCUT2D eigenvalue weighted by molar-refractivity contribution is 5.91. The summed E-state index contributed by atoms with van der Waals surface area (Å²) >= 11 is 0. The summed E-state index contributed by atoms with van der Waals surface area (Å²) in [6.45, 7) is 2.62. The summed E-state index contributed by atoms with van der Waals surface area (Å²) in [7, 11) is 3.66. The predicted octanol–water partition coefficient (Wildman–Crippen LogP) is 5.16. The lowest BCUT2D eigenvalue weighted by Crippen LogP contribution is -2.28. The second-order valence-corrected chi connectivity index (χ2v) is 8.55. The summed E-state index contributed by atoms with van der Waals surface area (Å²) in [6.07, 6.45) is -3.25. The Kier molecular flexibility index (Phi) is 9.13. The van der Waals surface area contributed by atoms with E-state index in [0.717, 1.165) is 12.1 Å². The number of carbonyl (C=O) groups is 2. The van der Waals surface area contributed by atoms with Crippen LogP contribution in [0.1, 0.15) is 27.2 Å². The highest BCUT2D eigenvalue weighted by atomic mass is 19.4. The fourth-order valence-electron chi connectivity index (χ4n) is 3.27. The molecule has 0 spiro atoms. The molecule has 3 aromatic rings. The molecule has 0 saturated heterocycles. The van der Waals surface area contributed by atoms with Crippen molar-refractivity contribution in [1.29, 1.82) is 0 Å². The highest BCUT2D eigenvalue weighted by Gasteiger charge is 2.31. The Bertz CT molecular complexity index is 1300. The Morgan fingerprint density at radius 2 is 1.79 bits per heavy atom. The Labute approximate surface area is 217 Å². The number of likely N-dealkylation sites (N-methyl/N-ethyl adjacent to an activating group) is 1. The number of nitrogens with zero attached hydrogens (tertiary/aromatic N) is 2. The lowest BCUT2D eigenvalue weighted by atomic mass is 10.1. The van der Waals surface area contributed by atoms with Crippen molar-refractivity contribution in [2.24, 2.45) is 0 Å². The van der Waals surface area contributed by atoms with Crippen LogP contribution in [0.5, 0.6) is 17.2 Å². The molecule has 1 aromatic heterocycles. The van der Waals surface area contributed by atoms with Gasteiger partial charge in [0, 0.05) is 25.4 Å². The summed E-state index contributed by atoms with van der Waals surface area (Å²) in [5, 5.41) is 14.1. The van der Waals surface area contributed by atoms with E-state index in [9.17, 15) is 22.8 Å². The number of halogens is 3. The van der Waals surface area contributed by atoms with Gasteiger partial charge in [0.1, 0.15) is 23.9 Å². The van der Waals surface area contributed by atoms with Crippen molar-refractivity contribution in [3.63, 3.8) is 0 Å². The number of rotatable bonds is 10. The fourth-order valence-corrected chi connectivity index (χ4v) is 3.27. The highest BCUT2D eigenvalue weighted by Crippen LogP contribution is 2.35. The molecule has 2 aromatic carbocycles. The summed E-state index contributed by atoms with van der Waals surface area (Å²) in [5.74, 6) is -0.279. The maximum absolute atomic E-state index is 13.2. The van der Waals surface area contributed by atoms with Crippen LogP contribution in [0.2, 0.25) is 0 Å². The van der Waals surface area contributed by atoms with Gasteiger partial charge in [-0.25, -0.2) is 14.6 Å². The maximum Gasteiger partial charge on any atom is 0.416 e. The molecule has 0 aliphatic heterocycles. The largest absolute Gasteiger partial charge is 0.490 e. The molecule has 0 radical (unpaired) electrons. The van der Waals surface area contributed by atoms with Crippen LogP contribution in [0.3, 0.4) is 0 Å². The van der Waals surface area contributed by atoms with Crippen molar-refractivity contribution in [2.75, 3.05) is 32.6 Å². The zero-order chi connectivity index (χ0) is 27.9. The predicted molar refractivity (Wildman–Crippen MR) is 134 cm³/mol. The van der Waals surface area contributed by atoms with Crippen molar-refractivity contribution in [3.8, 4) is 17.2 Å². The number of carboxylic acids is 1. The SMILES string of the molecule is Cc1cc(CNC(=O)Nc2cc(C(F)(F)F)ccc2OCCN(C)C)ccc1Oc1ccnc(C(=O)O)c1. The van der Waals surface area contributed by atoms with Gasteiger partial charge in [-0.2, -0.15) is 13.2 Å². The minimum absolute atomic E-state index is 0.0845. The third-order valence-corrected chi connectivity index (χ3v) is 5.22. The summed E-state index contributed by atoms with van der Waals surface area (Å²) < 4.78 is 51.0. The molecule has 9 nitrogen and oxygen atoms in total. The summed E-state index contributed by atoms with van der Waals surface area (Å²) in [6, 6.07) is 10.1. The van der Waals surface area contributed by atoms with E-state index in [1.165, 1.54) is 24.4 Å². The van der Waals surface area contributed by atoms with E-state index in [2.05, 4.69) is 15.6 Å². The monoisotopic (exact) mass is 532 g/mol. The normalized spacial score (nSPS) is 11.2. The van der Waals surface area contributed by atoms with Gasteiger partial charge in [-0.05, 0) is 62.5 Å². The second kappa shape index (κ2) is 12.3. The Balaban J connectivity index is 1.65. The quantitative estimate of drug-likeness (QED) is 0.331. The molecule has 0 bridgehead atoms. The number of carboxylic acid groups (broad SMARTS) is 1. The number of aryl methyl sites for hydroxylation is 1. The standard InChI is InChI=1S/C26H27F3N4O5/c1-16-12-17(4-6-22(16)38-19-8-9-30-21(14-19)24(34)35)15-31-25(36)32-20-13-18(26(27,28)29)5-7-23(20)37-11-10-33(2)3/h4-9,12-14H,10-11,15H2,1-3H3,(H,34,35)(H2,31,32,36). The molecule has 202 valence electrons. The van der Waals surface area contributed by atoms with E-state index in [-0.39, 0.29) is 30.3 Å². The molecule has 1 heterocycles. The van der Waals surface area contributed by atoms with E-state index >= 15 is 0 Å². The van der Waals surface area contributed by atoms with Crippen molar-refractivity contribution in [2.45, 2.75) is 19.6 Å². The van der Waals surface area contributed by atoms with E-state index in [1.807, 2.05) is 19.0 Å². The number of ether oxygens (including phenoxy) is 2. The Morgan fingerprint density at radius 1 is 1.05 bits per heavy atom. The van der Waals surface area contributed by atoms with Crippen molar-refractivity contribution < 1.29 is 37.3 Å². The molecule has 3 rings (SSSR count). The first-order chi connectivity index (χ1) is 17.9. The summed E-state index contributed by atoms with van der Waals surface area (Å²) in [5.41, 5.74) is 0.252. The van der Waals surface area contributed by atoms with Crippen LogP contribution in [0.4, 0.5) is 23.7 Å². The molecule has 2 amide bonds. The smallest absolute Gasteiger partial charge is 0.416 e. The zero-order valence-corrected chi connectivity index (χ0v) is 20.9. The van der Waals surface area contributed by atoms with Crippen molar-refractivity contribution in [1.82, 2.24) is 15.2 Å². The molecule has 38 heavy (non-hydrogen) atoms. The third-order valence-electron chi connectivity index (χ3n) is 5.22. The Morgan fingerprint density at radius 3 is 2.45 bits per heavy atom. The topological polar surface area (TPSA) is 113 Å². The van der Waals surface area contributed by atoms with Crippen LogP contribution in [-0.4, -0.2) is 54.2 Å². The van der Waals surface area contributed by atoms with Crippen molar-refractivity contribution in [3.05, 3.63) is 77.1 Å². The van der Waals surface area contributed by atoms with Gasteiger partial charge in [0.15, 0.2) is 5.69 Å². The molecule has 0 unspecified atom stereocenters. The zero-order valence-electron chi connectivity index (χ0n) is 20.9. The van der Waals surface area contributed by atoms with Gasteiger partial charge >= 0.3 is 18.2 Å². The van der Waals surface area contributed by atoms with Gasteiger partial charge in [-0.1, -0.05) is 12.1 Å². The summed E-state index contributed by atoms with van der Waals surface area (Å²) in [4.78, 5) is 29.2. The van der Waals surface area contributed by atoms with E-state index in [4.69, 9.17) is 14.6 Å². The molecule has 0 atom stereocenters. The number of carbonyl (C=O) groups excluding carboxylic acids is 1. The van der Waals surface area contributed by atoms with Gasteiger partial charge in [-0.15, -0.1) is 0 Å². The number of hydrogen-bond acceptors (Lipinski definition) is 6. The molecule has 3 N–H and O–H groups in total. The molecular formula is C26H27F3N4O5. The van der Waals surface area contributed by atoms with Crippen LogP contribution in [0.15, 0.2) is 54.7 Å². The van der Waals surface area contributed by atoms with Gasteiger partial charge in [0.25, 0.3) is 0 Å². The minimum Gasteiger partial charge on any atom is -0.490 e. The van der Waals surface area contributed by atoms with E-state index in [1.54, 1.807) is 25.1 Å². The Hall–Kier alpha value is -4.32. The number of benzene rings is 2. The van der Waals surface area contributed by atoms with Gasteiger partial charge in [0.05, 0.1) is 11.3 Å². The lowest BCUT2D eigenvalue weighted by Gasteiger charge is -2.17. The number of aromatic nitrogens is 1. The first-order valence-corrected chi connectivity index (χ1v) is 11.4. The molecule has 0 aliphatic rings. The van der Waals surface area contributed by atoms with Crippen molar-refractivity contribution >= 4 is 17.7 Å². The number of hydrogen-bond donors (Lipinski definition) is 3. The van der Waals surface area contributed by atoms with Gasteiger partial charge < -0.3 is 30.1 Å². The molecular weight excluding hydrogens is 505 g/mol. The van der Waals surface area contributed by atoms with Crippen LogP contribution in [-0.2, 0) is 12.7 Å². The number of amides is 2. The molecule has 12 heteroatoms. The van der Waals surface area contributed by atoms with E-state index in [0.29, 0.717) is 29.2 Å². The number of anilines is 1. The number of aromatic carboxylic acids is 1. The van der Waals surface area contributed by atoms with Crippen LogP contribution < -0.4 is 20.1 Å². The number of urea groups is 1. The first-order valence-electron chi connectivity index (χ1n) is 11.4. The molecule has 0 aliphatic carbocycles. The average Bonchev–Trinajstić information content (AvgIpc) is 2.84. The van der Waals surface area contributed by atoms with E-state index < -0.39 is 23.7 Å². The van der Waals surface area contributed by atoms with Gasteiger partial charge in [-0.3, -0.25) is 0 Å². The van der Waals surface area contributed by atoms with Crippen LogP contribution >= 0.6 is 0 Å². The first kappa shape index (κ1) is 28.3. The van der Waals surface area contributed by atoms with Crippen LogP contribution in [0, 0.1) is 6.92 Å². The maximum atomic E-state index is 13.2. The number of alkyl halides is 3. The van der Waals surface area contributed by atoms with Crippen LogP contribution in [0.25, 0.3) is 0 Å². The lowest BCUT2D eigenvalue weighted by molar-refractivity contribution is -0.137. The fraction of sp³-hybridized carbons (Fsp3) is 0.269. The molecule has 0 saturated carbocycles. The second-order valence-electron chi connectivity index (χ2n) is 8.55. The third kappa shape index (κ3) is 8.10. The minimum atomic E-state index is -4.58. The molecule has 0 fully saturated rings. The van der Waals surface area contributed by atoms with Gasteiger partial charge in [0.2, 0.25) is 0 Å². The number of pyridine rings is 1.